The topological polar surface area (TPSA) is 66.5 Å². The summed E-state index contributed by atoms with van der Waals surface area (Å²) in [6, 6.07) is 7.25. The van der Waals surface area contributed by atoms with Crippen LogP contribution in [0.2, 0.25) is 5.02 Å². The second-order valence-corrected chi connectivity index (χ2v) is 11.3. The summed E-state index contributed by atoms with van der Waals surface area (Å²) in [5.41, 5.74) is 1.33. The molecule has 1 N–H and O–H groups in total. The highest BCUT2D eigenvalue weighted by Crippen LogP contribution is 2.43. The van der Waals surface area contributed by atoms with Crippen molar-refractivity contribution in [1.29, 1.82) is 0 Å². The lowest BCUT2D eigenvalue weighted by molar-refractivity contribution is 0.0953. The van der Waals surface area contributed by atoms with Crippen molar-refractivity contribution in [1.82, 2.24) is 10.2 Å². The van der Waals surface area contributed by atoms with E-state index in [1.54, 1.807) is 18.2 Å². The second kappa shape index (κ2) is 8.38. The molecular weight excluding hydrogens is 428 g/mol. The van der Waals surface area contributed by atoms with Gasteiger partial charge in [-0.1, -0.05) is 24.1 Å². The molecule has 0 bridgehead atoms. The number of carbonyl (C=O) groups is 1. The molecule has 2 aromatic rings. The second-order valence-electron chi connectivity index (χ2n) is 7.85. The van der Waals surface area contributed by atoms with Crippen molar-refractivity contribution in [2.75, 3.05) is 19.6 Å². The van der Waals surface area contributed by atoms with Crippen LogP contribution in [0.4, 0.5) is 0 Å². The molecule has 1 fully saturated rings. The number of thiophene rings is 1. The fraction of sp³-hybridized carbons (Fsp3) is 0.476. The average Bonchev–Trinajstić information content (AvgIpc) is 3.09. The Morgan fingerprint density at radius 2 is 2.14 bits per heavy atom. The number of piperidine rings is 1. The van der Waals surface area contributed by atoms with Gasteiger partial charge in [-0.15, -0.1) is 11.3 Å². The summed E-state index contributed by atoms with van der Waals surface area (Å²) in [6.07, 6.45) is 4.73. The van der Waals surface area contributed by atoms with Crippen LogP contribution >= 0.6 is 22.9 Å². The molecule has 0 spiro atoms. The third-order valence-electron chi connectivity index (χ3n) is 5.75. The number of amides is 1. The number of halogens is 1. The van der Waals surface area contributed by atoms with Gasteiger partial charge in [0.1, 0.15) is 0 Å². The predicted molar refractivity (Wildman–Crippen MR) is 117 cm³/mol. The maximum absolute atomic E-state index is 12.6. The maximum Gasteiger partial charge on any atom is 0.261 e. The van der Waals surface area contributed by atoms with Crippen LogP contribution in [-0.2, 0) is 15.6 Å². The summed E-state index contributed by atoms with van der Waals surface area (Å²) in [6.45, 7) is 5.03. The number of nitrogens with zero attached hydrogens (tertiary/aromatic N) is 1. The highest BCUT2D eigenvalue weighted by Gasteiger charge is 2.31. The maximum atomic E-state index is 12.6. The Hall–Kier alpha value is -1.41. The first-order valence-electron chi connectivity index (χ1n) is 10.0. The summed E-state index contributed by atoms with van der Waals surface area (Å²) in [5.74, 6) is -0.226. The third kappa shape index (κ3) is 4.38. The number of benzene rings is 1. The number of hydrogen-bond donors (Lipinski definition) is 1. The van der Waals surface area contributed by atoms with Gasteiger partial charge < -0.3 is 10.2 Å². The van der Waals surface area contributed by atoms with Crippen molar-refractivity contribution >= 4 is 38.7 Å². The highest BCUT2D eigenvalue weighted by atomic mass is 35.5. The van der Waals surface area contributed by atoms with Gasteiger partial charge in [0.05, 0.1) is 15.5 Å². The standard InChI is InChI=1S/C21H25ClN2O3S2/c1-14-5-2-3-9-24(14)10-4-8-23-21(25)18-11-15-13-29(26,27)19-12-16(22)6-7-17(19)20(15)28-18/h6-7,11-12,14H,2-5,8-10,13H2,1H3,(H,23,25). The van der Waals surface area contributed by atoms with Crippen molar-refractivity contribution in [2.45, 2.75) is 49.3 Å². The van der Waals surface area contributed by atoms with E-state index in [4.69, 9.17) is 11.6 Å². The number of sulfone groups is 1. The van der Waals surface area contributed by atoms with E-state index in [9.17, 15) is 13.2 Å². The Kier molecular flexibility index (Phi) is 6.02. The van der Waals surface area contributed by atoms with Gasteiger partial charge in [0.2, 0.25) is 0 Å². The van der Waals surface area contributed by atoms with E-state index in [2.05, 4.69) is 17.1 Å². The quantitative estimate of drug-likeness (QED) is 0.685. The number of hydrogen-bond acceptors (Lipinski definition) is 5. The van der Waals surface area contributed by atoms with E-state index in [-0.39, 0.29) is 16.6 Å². The lowest BCUT2D eigenvalue weighted by atomic mass is 10.0. The zero-order chi connectivity index (χ0) is 20.6. The molecule has 29 heavy (non-hydrogen) atoms. The molecule has 5 nitrogen and oxygen atoms in total. The lowest BCUT2D eigenvalue weighted by Gasteiger charge is -2.33. The number of fused-ring (bicyclic) bond motifs is 3. The minimum absolute atomic E-state index is 0.0910. The van der Waals surface area contributed by atoms with Gasteiger partial charge >= 0.3 is 0 Å². The molecule has 1 atom stereocenters. The number of carbonyl (C=O) groups excluding carboxylic acids is 1. The Morgan fingerprint density at radius 3 is 2.93 bits per heavy atom. The molecule has 1 unspecified atom stereocenters. The summed E-state index contributed by atoms with van der Waals surface area (Å²) < 4.78 is 25.2. The molecule has 2 aliphatic rings. The molecule has 2 aliphatic heterocycles. The minimum Gasteiger partial charge on any atom is -0.351 e. The van der Waals surface area contributed by atoms with E-state index in [1.165, 1.54) is 36.7 Å². The molecule has 0 aliphatic carbocycles. The van der Waals surface area contributed by atoms with Crippen LogP contribution < -0.4 is 5.32 Å². The van der Waals surface area contributed by atoms with Gasteiger partial charge in [0.25, 0.3) is 5.91 Å². The number of nitrogens with one attached hydrogen (secondary N) is 1. The molecule has 0 saturated carbocycles. The van der Waals surface area contributed by atoms with Crippen LogP contribution in [0.3, 0.4) is 0 Å². The van der Waals surface area contributed by atoms with E-state index < -0.39 is 9.84 Å². The lowest BCUT2D eigenvalue weighted by Crippen LogP contribution is -2.39. The Balaban J connectivity index is 1.42. The van der Waals surface area contributed by atoms with Crippen LogP contribution in [0.25, 0.3) is 10.4 Å². The summed E-state index contributed by atoms with van der Waals surface area (Å²) in [4.78, 5) is 16.8. The zero-order valence-corrected chi connectivity index (χ0v) is 18.8. The van der Waals surface area contributed by atoms with Gasteiger partial charge in [-0.2, -0.15) is 0 Å². The highest BCUT2D eigenvalue weighted by molar-refractivity contribution is 7.91. The van der Waals surface area contributed by atoms with E-state index in [1.807, 2.05) is 0 Å². The van der Waals surface area contributed by atoms with E-state index in [0.717, 1.165) is 24.4 Å². The van der Waals surface area contributed by atoms with Gasteiger partial charge in [-0.3, -0.25) is 4.79 Å². The zero-order valence-electron chi connectivity index (χ0n) is 16.4. The third-order valence-corrected chi connectivity index (χ3v) is 8.89. The van der Waals surface area contributed by atoms with Gasteiger partial charge in [0.15, 0.2) is 9.84 Å². The molecule has 1 saturated heterocycles. The van der Waals surface area contributed by atoms with Crippen LogP contribution in [0.15, 0.2) is 29.2 Å². The predicted octanol–water partition coefficient (Wildman–Crippen LogP) is 4.35. The van der Waals surface area contributed by atoms with Crippen molar-refractivity contribution < 1.29 is 13.2 Å². The largest absolute Gasteiger partial charge is 0.351 e. The summed E-state index contributed by atoms with van der Waals surface area (Å²) in [5, 5.41) is 3.39. The first kappa shape index (κ1) is 20.8. The Labute approximate surface area is 181 Å². The molecule has 1 amide bonds. The number of rotatable bonds is 5. The Bertz CT molecular complexity index is 1030. The van der Waals surface area contributed by atoms with Crippen LogP contribution in [0.5, 0.6) is 0 Å². The molecule has 8 heteroatoms. The van der Waals surface area contributed by atoms with Gasteiger partial charge in [0, 0.05) is 34.6 Å². The van der Waals surface area contributed by atoms with Crippen molar-refractivity contribution in [3.63, 3.8) is 0 Å². The molecule has 4 rings (SSSR count). The normalized spacial score (nSPS) is 20.7. The molecule has 156 valence electrons. The molecule has 1 aromatic heterocycles. The minimum atomic E-state index is -3.44. The van der Waals surface area contributed by atoms with E-state index in [0.29, 0.717) is 33.6 Å². The van der Waals surface area contributed by atoms with E-state index >= 15 is 0 Å². The molecule has 0 radical (unpaired) electrons. The fourth-order valence-electron chi connectivity index (χ4n) is 4.16. The van der Waals surface area contributed by atoms with Crippen LogP contribution in [-0.4, -0.2) is 44.9 Å². The van der Waals surface area contributed by atoms with Gasteiger partial charge in [-0.25, -0.2) is 8.42 Å². The monoisotopic (exact) mass is 452 g/mol. The first-order chi connectivity index (χ1) is 13.8. The fourth-order valence-corrected chi connectivity index (χ4v) is 7.29. The summed E-state index contributed by atoms with van der Waals surface area (Å²) in [7, 11) is -3.44. The average molecular weight is 453 g/mol. The van der Waals surface area contributed by atoms with Crippen molar-refractivity contribution in [3.8, 4) is 10.4 Å². The number of likely N-dealkylation sites (tertiary alicyclic amines) is 1. The SMILES string of the molecule is CC1CCCCN1CCCNC(=O)c1cc2c(s1)-c1ccc(Cl)cc1S(=O)(=O)C2. The van der Waals surface area contributed by atoms with Gasteiger partial charge in [-0.05, 0) is 56.5 Å². The molecule has 1 aromatic carbocycles. The molecular formula is C21H25ClN2O3S2. The van der Waals surface area contributed by atoms with Crippen LogP contribution in [0.1, 0.15) is 47.8 Å². The molecule has 3 heterocycles. The van der Waals surface area contributed by atoms with Crippen LogP contribution in [0, 0.1) is 0 Å². The smallest absolute Gasteiger partial charge is 0.261 e. The summed E-state index contributed by atoms with van der Waals surface area (Å²) >= 11 is 7.34. The van der Waals surface area contributed by atoms with Crippen molar-refractivity contribution in [2.24, 2.45) is 0 Å². The van der Waals surface area contributed by atoms with Crippen molar-refractivity contribution in [3.05, 3.63) is 39.7 Å². The first-order valence-corrected chi connectivity index (χ1v) is 12.9. The Morgan fingerprint density at radius 1 is 1.31 bits per heavy atom.